The van der Waals surface area contributed by atoms with E-state index in [1.807, 2.05) is 49.1 Å². The molecule has 26 heavy (non-hydrogen) atoms. The molecule has 4 nitrogen and oxygen atoms in total. The van der Waals surface area contributed by atoms with Crippen molar-refractivity contribution in [2.75, 3.05) is 0 Å². The van der Waals surface area contributed by atoms with Crippen LogP contribution in [0.2, 0.25) is 18.1 Å². The van der Waals surface area contributed by atoms with Gasteiger partial charge in [0.05, 0.1) is 18.1 Å². The van der Waals surface area contributed by atoms with E-state index in [1.54, 1.807) is 0 Å². The highest BCUT2D eigenvalue weighted by Crippen LogP contribution is 2.42. The van der Waals surface area contributed by atoms with Crippen LogP contribution in [-0.2, 0) is 20.6 Å². The molecule has 0 saturated carbocycles. The number of hydrogen-bond donors (Lipinski definition) is 0. The minimum atomic E-state index is -1.97. The fraction of sp³-hybridized carbons (Fsp3) is 0.619. The maximum absolute atomic E-state index is 12.9. The molecule has 1 aliphatic heterocycles. The third-order valence-corrected chi connectivity index (χ3v) is 10.6. The first-order chi connectivity index (χ1) is 12.0. The molecule has 0 aliphatic carbocycles. The standard InChI is InChI=1S/C21H33NO3Si/c1-15(14-23)19-18(16(2)25-26(6,7)21(3,4)5)20(24)22(19)13-17-11-9-8-10-12-17/h8-12,14-16,18-19H,13H2,1-7H3/t15-,16+,18+,19+/m0/s1. The van der Waals surface area contributed by atoms with Gasteiger partial charge in [-0.1, -0.05) is 58.0 Å². The Bertz CT molecular complexity index is 638. The first-order valence-corrected chi connectivity index (χ1v) is 12.4. The van der Waals surface area contributed by atoms with Gasteiger partial charge in [0.25, 0.3) is 0 Å². The highest BCUT2D eigenvalue weighted by molar-refractivity contribution is 6.74. The lowest BCUT2D eigenvalue weighted by molar-refractivity contribution is -0.168. The third-order valence-electron chi connectivity index (χ3n) is 6.04. The predicted octanol–water partition coefficient (Wildman–Crippen LogP) is 4.26. The van der Waals surface area contributed by atoms with Crippen LogP contribution in [0.3, 0.4) is 0 Å². The van der Waals surface area contributed by atoms with Crippen molar-refractivity contribution in [1.29, 1.82) is 0 Å². The van der Waals surface area contributed by atoms with Crippen LogP contribution >= 0.6 is 0 Å². The van der Waals surface area contributed by atoms with Gasteiger partial charge in [0.15, 0.2) is 8.32 Å². The first kappa shape index (κ1) is 20.8. The van der Waals surface area contributed by atoms with Crippen LogP contribution in [0.15, 0.2) is 30.3 Å². The van der Waals surface area contributed by atoms with Gasteiger partial charge < -0.3 is 14.1 Å². The van der Waals surface area contributed by atoms with E-state index < -0.39 is 8.32 Å². The summed E-state index contributed by atoms with van der Waals surface area (Å²) in [6.45, 7) is 15.4. The number of β-lactam (4-membered cyclic amide) rings is 1. The first-order valence-electron chi connectivity index (χ1n) is 9.47. The van der Waals surface area contributed by atoms with E-state index in [-0.39, 0.29) is 34.9 Å². The van der Waals surface area contributed by atoms with Crippen LogP contribution in [0.5, 0.6) is 0 Å². The fourth-order valence-electron chi connectivity index (χ4n) is 3.44. The molecule has 0 radical (unpaired) electrons. The van der Waals surface area contributed by atoms with E-state index in [2.05, 4.69) is 33.9 Å². The highest BCUT2D eigenvalue weighted by Gasteiger charge is 2.53. The Balaban J connectivity index is 2.17. The summed E-state index contributed by atoms with van der Waals surface area (Å²) >= 11 is 0. The number of aldehydes is 1. The zero-order valence-electron chi connectivity index (χ0n) is 17.2. The molecule has 2 rings (SSSR count). The SMILES string of the molecule is C[C@@H](C=O)[C@@H]1[C@@H]([C@@H](C)O[Si](C)(C)C(C)(C)C)C(=O)N1Cc1ccccc1. The molecule has 1 saturated heterocycles. The Morgan fingerprint density at radius 2 is 1.77 bits per heavy atom. The summed E-state index contributed by atoms with van der Waals surface area (Å²) < 4.78 is 6.48. The van der Waals surface area contributed by atoms with Crippen molar-refractivity contribution in [2.45, 2.75) is 71.4 Å². The Labute approximate surface area is 159 Å². The summed E-state index contributed by atoms with van der Waals surface area (Å²) in [5, 5.41) is 0.0869. The van der Waals surface area contributed by atoms with Crippen LogP contribution in [0.4, 0.5) is 0 Å². The van der Waals surface area contributed by atoms with Crippen molar-refractivity contribution in [3.8, 4) is 0 Å². The van der Waals surface area contributed by atoms with Gasteiger partial charge >= 0.3 is 0 Å². The molecule has 0 spiro atoms. The lowest BCUT2D eigenvalue weighted by Gasteiger charge is -2.52. The van der Waals surface area contributed by atoms with Crippen molar-refractivity contribution < 1.29 is 14.0 Å². The third kappa shape index (κ3) is 4.09. The zero-order valence-corrected chi connectivity index (χ0v) is 18.2. The second-order valence-electron chi connectivity index (χ2n) is 9.05. The van der Waals surface area contributed by atoms with Crippen LogP contribution in [0.1, 0.15) is 40.2 Å². The van der Waals surface area contributed by atoms with Crippen LogP contribution in [0, 0.1) is 11.8 Å². The van der Waals surface area contributed by atoms with E-state index in [0.29, 0.717) is 6.54 Å². The summed E-state index contributed by atoms with van der Waals surface area (Å²) in [4.78, 5) is 26.2. The molecule has 0 bridgehead atoms. The van der Waals surface area contributed by atoms with E-state index in [0.717, 1.165) is 11.8 Å². The number of amides is 1. The van der Waals surface area contributed by atoms with Gasteiger partial charge in [-0.05, 0) is 30.6 Å². The summed E-state index contributed by atoms with van der Waals surface area (Å²) in [5.41, 5.74) is 1.08. The van der Waals surface area contributed by atoms with E-state index in [9.17, 15) is 9.59 Å². The number of likely N-dealkylation sites (tertiary alicyclic amines) is 1. The number of carbonyl (C=O) groups is 2. The molecule has 1 fully saturated rings. The van der Waals surface area contributed by atoms with Crippen molar-refractivity contribution >= 4 is 20.5 Å². The molecule has 1 heterocycles. The summed E-state index contributed by atoms with van der Waals surface area (Å²) in [5.74, 6) is -0.348. The average Bonchev–Trinajstić information content (AvgIpc) is 2.55. The van der Waals surface area contributed by atoms with Gasteiger partial charge in [0, 0.05) is 12.5 Å². The quantitative estimate of drug-likeness (QED) is 0.406. The lowest BCUT2D eigenvalue weighted by atomic mass is 9.76. The molecule has 144 valence electrons. The topological polar surface area (TPSA) is 46.6 Å². The molecule has 5 heteroatoms. The predicted molar refractivity (Wildman–Crippen MR) is 107 cm³/mol. The number of benzene rings is 1. The van der Waals surface area contributed by atoms with Crippen LogP contribution < -0.4 is 0 Å². The molecule has 4 atom stereocenters. The van der Waals surface area contributed by atoms with E-state index in [1.165, 1.54) is 0 Å². The van der Waals surface area contributed by atoms with Gasteiger partial charge in [-0.25, -0.2) is 0 Å². The summed E-state index contributed by atoms with van der Waals surface area (Å²) in [6.07, 6.45) is 0.782. The van der Waals surface area contributed by atoms with Gasteiger partial charge in [-0.15, -0.1) is 0 Å². The van der Waals surface area contributed by atoms with E-state index in [4.69, 9.17) is 4.43 Å². The Morgan fingerprint density at radius 1 is 1.19 bits per heavy atom. The second-order valence-corrected chi connectivity index (χ2v) is 13.8. The van der Waals surface area contributed by atoms with E-state index >= 15 is 0 Å². The number of hydrogen-bond acceptors (Lipinski definition) is 3. The second kappa shape index (κ2) is 7.65. The number of rotatable bonds is 7. The number of carbonyl (C=O) groups excluding carboxylic acids is 2. The molecule has 0 N–H and O–H groups in total. The highest BCUT2D eigenvalue weighted by atomic mass is 28.4. The Morgan fingerprint density at radius 3 is 2.27 bits per heavy atom. The molecular weight excluding hydrogens is 342 g/mol. The van der Waals surface area contributed by atoms with Gasteiger partial charge in [0.2, 0.25) is 5.91 Å². The largest absolute Gasteiger partial charge is 0.413 e. The normalized spacial score (nSPS) is 23.3. The lowest BCUT2D eigenvalue weighted by Crippen LogP contribution is -2.67. The smallest absolute Gasteiger partial charge is 0.230 e. The average molecular weight is 376 g/mol. The van der Waals surface area contributed by atoms with Gasteiger partial charge in [-0.2, -0.15) is 0 Å². The Kier molecular flexibility index (Phi) is 6.13. The summed E-state index contributed by atoms with van der Waals surface area (Å²) in [6, 6.07) is 9.83. The maximum atomic E-state index is 12.9. The van der Waals surface area contributed by atoms with Crippen molar-refractivity contribution in [1.82, 2.24) is 4.90 Å². The molecule has 1 aromatic carbocycles. The molecule has 1 aromatic rings. The monoisotopic (exact) mass is 375 g/mol. The number of nitrogens with zero attached hydrogens (tertiary/aromatic N) is 1. The molecule has 0 unspecified atom stereocenters. The van der Waals surface area contributed by atoms with Crippen molar-refractivity contribution in [3.05, 3.63) is 35.9 Å². The van der Waals surface area contributed by atoms with Crippen molar-refractivity contribution in [3.63, 3.8) is 0 Å². The molecule has 0 aromatic heterocycles. The fourth-order valence-corrected chi connectivity index (χ4v) is 4.87. The van der Waals surface area contributed by atoms with Gasteiger partial charge in [0.1, 0.15) is 6.29 Å². The van der Waals surface area contributed by atoms with Crippen molar-refractivity contribution in [2.24, 2.45) is 11.8 Å². The summed E-state index contributed by atoms with van der Waals surface area (Å²) in [7, 11) is -1.97. The molecule has 1 aliphatic rings. The van der Waals surface area contributed by atoms with Crippen LogP contribution in [-0.4, -0.2) is 37.6 Å². The molecular formula is C21H33NO3Si. The Hall–Kier alpha value is -1.46. The van der Waals surface area contributed by atoms with Crippen LogP contribution in [0.25, 0.3) is 0 Å². The minimum Gasteiger partial charge on any atom is -0.413 e. The van der Waals surface area contributed by atoms with Gasteiger partial charge in [-0.3, -0.25) is 4.79 Å². The zero-order chi connectivity index (χ0) is 19.7. The minimum absolute atomic E-state index is 0.0869. The maximum Gasteiger partial charge on any atom is 0.230 e. The molecule has 1 amide bonds.